The molecule has 106 valence electrons. The summed E-state index contributed by atoms with van der Waals surface area (Å²) in [5.41, 5.74) is 0.540. The first-order chi connectivity index (χ1) is 9.48. The molecular formula is C15H18FN3O. The fourth-order valence-corrected chi connectivity index (χ4v) is 2.68. The molecule has 2 rings (SSSR count). The topological polar surface area (TPSA) is 56.1 Å². The minimum absolute atomic E-state index is 0.0197. The summed E-state index contributed by atoms with van der Waals surface area (Å²) in [4.78, 5) is 13.9. The van der Waals surface area contributed by atoms with Crippen LogP contribution in [0.4, 0.5) is 4.39 Å². The second-order valence-corrected chi connectivity index (χ2v) is 5.52. The maximum atomic E-state index is 13.8. The van der Waals surface area contributed by atoms with Crippen molar-refractivity contribution < 1.29 is 9.18 Å². The first kappa shape index (κ1) is 14.5. The number of hydrogen-bond acceptors (Lipinski definition) is 3. The van der Waals surface area contributed by atoms with Gasteiger partial charge in [0.1, 0.15) is 5.82 Å². The van der Waals surface area contributed by atoms with Crippen LogP contribution in [0.15, 0.2) is 18.2 Å². The van der Waals surface area contributed by atoms with Crippen LogP contribution in [0.25, 0.3) is 0 Å². The molecule has 0 aliphatic carbocycles. The van der Waals surface area contributed by atoms with Crippen molar-refractivity contribution in [3.8, 4) is 6.07 Å². The smallest absolute Gasteiger partial charge is 0.227 e. The van der Waals surface area contributed by atoms with E-state index < -0.39 is 5.41 Å². The number of hydrogen-bond donors (Lipinski definition) is 1. The minimum atomic E-state index is -0.419. The Morgan fingerprint density at radius 2 is 2.35 bits per heavy atom. The molecule has 4 nitrogen and oxygen atoms in total. The minimum Gasteiger partial charge on any atom is -0.359 e. The summed E-state index contributed by atoms with van der Waals surface area (Å²) in [7, 11) is 1.63. The second kappa shape index (κ2) is 5.59. The summed E-state index contributed by atoms with van der Waals surface area (Å²) in [6.07, 6.45) is 0.756. The van der Waals surface area contributed by atoms with Crippen LogP contribution in [0.3, 0.4) is 0 Å². The highest BCUT2D eigenvalue weighted by atomic mass is 19.1. The zero-order valence-corrected chi connectivity index (χ0v) is 11.7. The molecule has 1 heterocycles. The molecule has 0 bridgehead atoms. The van der Waals surface area contributed by atoms with Crippen LogP contribution < -0.4 is 5.32 Å². The van der Waals surface area contributed by atoms with Crippen molar-refractivity contribution >= 4 is 5.91 Å². The number of amides is 1. The molecule has 0 saturated carbocycles. The summed E-state index contributed by atoms with van der Waals surface area (Å²) >= 11 is 0. The van der Waals surface area contributed by atoms with Crippen molar-refractivity contribution in [2.75, 3.05) is 20.1 Å². The molecule has 1 aliphatic rings. The molecule has 0 spiro atoms. The molecule has 1 unspecified atom stereocenters. The van der Waals surface area contributed by atoms with Gasteiger partial charge in [0.2, 0.25) is 5.91 Å². The monoisotopic (exact) mass is 275 g/mol. The molecule has 1 fully saturated rings. The fraction of sp³-hybridized carbons (Fsp3) is 0.467. The molecule has 20 heavy (non-hydrogen) atoms. The SMILES string of the molecule is CNC(=O)C1(C)CCN(Cc2cc(C#N)ccc2F)C1. The average molecular weight is 275 g/mol. The first-order valence-corrected chi connectivity index (χ1v) is 6.61. The number of nitriles is 1. The van der Waals surface area contributed by atoms with Crippen molar-refractivity contribution in [3.63, 3.8) is 0 Å². The molecule has 1 aromatic rings. The molecule has 1 aliphatic heterocycles. The van der Waals surface area contributed by atoms with Crippen molar-refractivity contribution in [2.45, 2.75) is 19.9 Å². The number of nitrogens with zero attached hydrogens (tertiary/aromatic N) is 2. The largest absolute Gasteiger partial charge is 0.359 e. The third kappa shape index (κ3) is 2.81. The van der Waals surface area contributed by atoms with Gasteiger partial charge in [0.25, 0.3) is 0 Å². The van der Waals surface area contributed by atoms with Gasteiger partial charge in [-0.05, 0) is 38.1 Å². The molecular weight excluding hydrogens is 257 g/mol. The molecule has 1 atom stereocenters. The Kier molecular flexibility index (Phi) is 4.05. The highest BCUT2D eigenvalue weighted by molar-refractivity contribution is 5.82. The van der Waals surface area contributed by atoms with Gasteiger partial charge in [-0.3, -0.25) is 9.69 Å². The van der Waals surface area contributed by atoms with Crippen LogP contribution in [0.5, 0.6) is 0 Å². The van der Waals surface area contributed by atoms with E-state index in [-0.39, 0.29) is 11.7 Å². The van der Waals surface area contributed by atoms with E-state index in [1.807, 2.05) is 13.0 Å². The average Bonchev–Trinajstić information content (AvgIpc) is 2.83. The summed E-state index contributed by atoms with van der Waals surface area (Å²) in [6.45, 7) is 3.70. The van der Waals surface area contributed by atoms with E-state index in [1.165, 1.54) is 12.1 Å². The zero-order chi connectivity index (χ0) is 14.8. The van der Waals surface area contributed by atoms with Gasteiger partial charge in [0.15, 0.2) is 0 Å². The quantitative estimate of drug-likeness (QED) is 0.912. The van der Waals surface area contributed by atoms with Crippen molar-refractivity contribution in [3.05, 3.63) is 35.1 Å². The number of carbonyl (C=O) groups is 1. The highest BCUT2D eigenvalue weighted by Crippen LogP contribution is 2.31. The number of carbonyl (C=O) groups excluding carboxylic acids is 1. The van der Waals surface area contributed by atoms with Gasteiger partial charge in [-0.15, -0.1) is 0 Å². The number of benzene rings is 1. The van der Waals surface area contributed by atoms with Crippen LogP contribution in [-0.4, -0.2) is 30.9 Å². The zero-order valence-electron chi connectivity index (χ0n) is 11.7. The van der Waals surface area contributed by atoms with E-state index in [2.05, 4.69) is 10.2 Å². The first-order valence-electron chi connectivity index (χ1n) is 6.61. The Hall–Kier alpha value is -1.93. The van der Waals surface area contributed by atoms with E-state index in [0.29, 0.717) is 24.2 Å². The normalized spacial score (nSPS) is 22.5. The molecule has 1 N–H and O–H groups in total. The number of halogens is 1. The van der Waals surface area contributed by atoms with Crippen LogP contribution in [-0.2, 0) is 11.3 Å². The van der Waals surface area contributed by atoms with Crippen molar-refractivity contribution in [1.29, 1.82) is 5.26 Å². The number of nitrogens with one attached hydrogen (secondary N) is 1. The van der Waals surface area contributed by atoms with Gasteiger partial charge in [-0.1, -0.05) is 0 Å². The Morgan fingerprint density at radius 3 is 3.00 bits per heavy atom. The predicted octanol–water partition coefficient (Wildman–Crippen LogP) is 1.66. The predicted molar refractivity (Wildman–Crippen MR) is 73.2 cm³/mol. The lowest BCUT2D eigenvalue weighted by atomic mass is 9.89. The molecule has 5 heteroatoms. The molecule has 0 radical (unpaired) electrons. The lowest BCUT2D eigenvalue weighted by molar-refractivity contribution is -0.129. The Labute approximate surface area is 118 Å². The number of likely N-dealkylation sites (tertiary alicyclic amines) is 1. The number of rotatable bonds is 3. The van der Waals surface area contributed by atoms with Gasteiger partial charge < -0.3 is 5.32 Å². The van der Waals surface area contributed by atoms with Crippen LogP contribution in [0.2, 0.25) is 0 Å². The second-order valence-electron chi connectivity index (χ2n) is 5.52. The maximum absolute atomic E-state index is 13.8. The summed E-state index contributed by atoms with van der Waals surface area (Å²) in [6, 6.07) is 6.38. The van der Waals surface area contributed by atoms with Crippen LogP contribution in [0.1, 0.15) is 24.5 Å². The van der Waals surface area contributed by atoms with Gasteiger partial charge in [-0.2, -0.15) is 5.26 Å². The third-order valence-electron chi connectivity index (χ3n) is 3.90. The van der Waals surface area contributed by atoms with Gasteiger partial charge in [0.05, 0.1) is 17.0 Å². The maximum Gasteiger partial charge on any atom is 0.227 e. The van der Waals surface area contributed by atoms with E-state index in [4.69, 9.17) is 5.26 Å². The standard InChI is InChI=1S/C15H18FN3O/c1-15(14(20)18-2)5-6-19(10-15)9-12-7-11(8-17)3-4-13(12)16/h3-4,7H,5-6,9-10H2,1-2H3,(H,18,20). The Balaban J connectivity index is 2.10. The summed E-state index contributed by atoms with van der Waals surface area (Å²) in [5.74, 6) is -0.288. The highest BCUT2D eigenvalue weighted by Gasteiger charge is 2.39. The van der Waals surface area contributed by atoms with E-state index in [1.54, 1.807) is 13.1 Å². The third-order valence-corrected chi connectivity index (χ3v) is 3.90. The van der Waals surface area contributed by atoms with Crippen LogP contribution in [0, 0.1) is 22.6 Å². The Morgan fingerprint density at radius 1 is 1.60 bits per heavy atom. The van der Waals surface area contributed by atoms with Gasteiger partial charge >= 0.3 is 0 Å². The molecule has 0 aromatic heterocycles. The van der Waals surface area contributed by atoms with Crippen molar-refractivity contribution in [1.82, 2.24) is 10.2 Å². The summed E-state index contributed by atoms with van der Waals surface area (Å²) in [5, 5.41) is 11.5. The van der Waals surface area contributed by atoms with Gasteiger partial charge in [-0.25, -0.2) is 4.39 Å². The Bertz CT molecular complexity index is 567. The lowest BCUT2D eigenvalue weighted by Crippen LogP contribution is -2.39. The fourth-order valence-electron chi connectivity index (χ4n) is 2.68. The van der Waals surface area contributed by atoms with Gasteiger partial charge in [0, 0.05) is 25.7 Å². The van der Waals surface area contributed by atoms with Crippen molar-refractivity contribution in [2.24, 2.45) is 5.41 Å². The molecule has 1 saturated heterocycles. The summed E-state index contributed by atoms with van der Waals surface area (Å²) < 4.78 is 13.8. The van der Waals surface area contributed by atoms with Crippen LogP contribution >= 0.6 is 0 Å². The lowest BCUT2D eigenvalue weighted by Gasteiger charge is -2.23. The van der Waals surface area contributed by atoms with E-state index >= 15 is 0 Å². The molecule has 1 amide bonds. The molecule has 1 aromatic carbocycles. The van der Waals surface area contributed by atoms with E-state index in [0.717, 1.165) is 13.0 Å². The van der Waals surface area contributed by atoms with E-state index in [9.17, 15) is 9.18 Å².